The molecule has 0 aromatic heterocycles. The van der Waals surface area contributed by atoms with E-state index in [0.29, 0.717) is 0 Å². The number of carbonyl (C=O) groups is 3. The van der Waals surface area contributed by atoms with Crippen molar-refractivity contribution in [1.82, 2.24) is 6.15 Å². The smallest absolute Gasteiger partial charge is 0.300 e. The van der Waals surface area contributed by atoms with Gasteiger partial charge in [-0.3, -0.25) is 14.4 Å². The largest absolute Gasteiger partial charge is 0.481 e. The molecular formula is C6H15NO6Sb. The summed E-state index contributed by atoms with van der Waals surface area (Å²) < 4.78 is 0. The number of rotatable bonds is 0. The molecule has 0 amide bonds. The van der Waals surface area contributed by atoms with Crippen molar-refractivity contribution in [2.24, 2.45) is 0 Å². The third-order valence-corrected chi connectivity index (χ3v) is 0. The molecule has 0 spiro atoms. The molecule has 8 heteroatoms. The summed E-state index contributed by atoms with van der Waals surface area (Å²) in [5.74, 6) is -2.50. The predicted octanol–water partition coefficient (Wildman–Crippen LogP) is 0.0539. The molecule has 3 radical (unpaired) electrons. The maximum Gasteiger partial charge on any atom is 0.300 e. The molecule has 0 aromatic rings. The Morgan fingerprint density at radius 3 is 0.714 bits per heavy atom. The summed E-state index contributed by atoms with van der Waals surface area (Å²) in [4.78, 5) is 27.0. The van der Waals surface area contributed by atoms with Crippen LogP contribution in [-0.4, -0.2) is 57.7 Å². The molecule has 0 aliphatic carbocycles. The van der Waals surface area contributed by atoms with E-state index >= 15 is 0 Å². The Kier molecular flexibility index (Phi) is 47.5. The van der Waals surface area contributed by atoms with Gasteiger partial charge in [0.05, 0.1) is 0 Å². The normalized spacial score (nSPS) is 5.36. The van der Waals surface area contributed by atoms with Gasteiger partial charge in [-0.05, 0) is 0 Å². The van der Waals surface area contributed by atoms with Crippen molar-refractivity contribution in [3.63, 3.8) is 0 Å². The molecule has 0 heterocycles. The molecule has 0 fully saturated rings. The minimum absolute atomic E-state index is 0. The zero-order valence-electron chi connectivity index (χ0n) is 8.22. The fourth-order valence-corrected chi connectivity index (χ4v) is 0. The van der Waals surface area contributed by atoms with E-state index in [1.807, 2.05) is 0 Å². The third-order valence-electron chi connectivity index (χ3n) is 0. The van der Waals surface area contributed by atoms with E-state index in [9.17, 15) is 0 Å². The van der Waals surface area contributed by atoms with Gasteiger partial charge in [-0.25, -0.2) is 0 Å². The first kappa shape index (κ1) is 29.2. The summed E-state index contributed by atoms with van der Waals surface area (Å²) in [6, 6.07) is 0. The SMILES string of the molecule is CC(=O)O.CC(=O)O.CC(=O)O.N.[Sb]. The van der Waals surface area contributed by atoms with Crippen molar-refractivity contribution >= 4 is 42.3 Å². The van der Waals surface area contributed by atoms with E-state index < -0.39 is 17.9 Å². The molecular weight excluding hydrogens is 304 g/mol. The Bertz CT molecular complexity index is 120. The second-order valence-corrected chi connectivity index (χ2v) is 1.56. The Hall–Kier alpha value is -0.812. The maximum absolute atomic E-state index is 9.00. The molecule has 0 rings (SSSR count). The van der Waals surface area contributed by atoms with Gasteiger partial charge in [-0.2, -0.15) is 0 Å². The minimum atomic E-state index is -0.833. The van der Waals surface area contributed by atoms with Gasteiger partial charge in [0, 0.05) is 45.2 Å². The second kappa shape index (κ2) is 22.8. The van der Waals surface area contributed by atoms with Crippen molar-refractivity contribution < 1.29 is 29.7 Å². The standard InChI is InChI=1S/3C2H4O2.H3N.Sb/c3*1-2(3)4;;/h3*1H3,(H,3,4);1H3;. The van der Waals surface area contributed by atoms with E-state index in [4.69, 9.17) is 29.7 Å². The van der Waals surface area contributed by atoms with E-state index in [2.05, 4.69) is 0 Å². The summed E-state index contributed by atoms with van der Waals surface area (Å²) in [6.45, 7) is 3.25. The quantitative estimate of drug-likeness (QED) is 0.461. The third kappa shape index (κ3) is 1760. The zero-order chi connectivity index (χ0) is 10.7. The zero-order valence-corrected chi connectivity index (χ0v) is 10.8. The first-order chi connectivity index (χ1) is 5.20. The van der Waals surface area contributed by atoms with Gasteiger partial charge in [-0.15, -0.1) is 0 Å². The fraction of sp³-hybridized carbons (Fsp3) is 0.500. The number of carboxylic acid groups (broad SMARTS) is 3. The van der Waals surface area contributed by atoms with Crippen LogP contribution in [0.2, 0.25) is 0 Å². The van der Waals surface area contributed by atoms with Gasteiger partial charge in [0.1, 0.15) is 0 Å². The van der Waals surface area contributed by atoms with E-state index in [-0.39, 0.29) is 30.6 Å². The van der Waals surface area contributed by atoms with Crippen LogP contribution in [0.1, 0.15) is 20.8 Å². The van der Waals surface area contributed by atoms with Crippen LogP contribution in [-0.2, 0) is 14.4 Å². The average molecular weight is 319 g/mol. The van der Waals surface area contributed by atoms with Crippen molar-refractivity contribution in [1.29, 1.82) is 0 Å². The molecule has 0 unspecified atom stereocenters. The van der Waals surface area contributed by atoms with Crippen molar-refractivity contribution in [2.75, 3.05) is 0 Å². The van der Waals surface area contributed by atoms with Crippen molar-refractivity contribution in [3.05, 3.63) is 0 Å². The Morgan fingerprint density at radius 1 is 0.714 bits per heavy atom. The van der Waals surface area contributed by atoms with Gasteiger partial charge in [0.15, 0.2) is 0 Å². The van der Waals surface area contributed by atoms with Gasteiger partial charge in [0.25, 0.3) is 17.9 Å². The molecule has 0 aliphatic rings. The first-order valence-electron chi connectivity index (χ1n) is 2.78. The number of hydrogen-bond donors (Lipinski definition) is 4. The Labute approximate surface area is 99.1 Å². The topological polar surface area (TPSA) is 147 Å². The molecule has 14 heavy (non-hydrogen) atoms. The monoisotopic (exact) mass is 318 g/mol. The summed E-state index contributed by atoms with van der Waals surface area (Å²) in [5, 5.41) is 22.2. The van der Waals surface area contributed by atoms with Crippen LogP contribution < -0.4 is 6.15 Å². The van der Waals surface area contributed by atoms with Gasteiger partial charge >= 0.3 is 0 Å². The second-order valence-electron chi connectivity index (χ2n) is 1.56. The molecule has 6 N–H and O–H groups in total. The molecule has 0 saturated heterocycles. The van der Waals surface area contributed by atoms with Crippen LogP contribution in [0.15, 0.2) is 0 Å². The van der Waals surface area contributed by atoms with E-state index in [1.165, 1.54) is 0 Å². The fourth-order valence-electron chi connectivity index (χ4n) is 0. The molecule has 0 aromatic carbocycles. The summed E-state index contributed by atoms with van der Waals surface area (Å²) in [6.07, 6.45) is 0. The van der Waals surface area contributed by atoms with E-state index in [0.717, 1.165) is 20.8 Å². The van der Waals surface area contributed by atoms with Gasteiger partial charge in [0.2, 0.25) is 0 Å². The Morgan fingerprint density at radius 2 is 0.714 bits per heavy atom. The van der Waals surface area contributed by atoms with Crippen LogP contribution in [0.25, 0.3) is 0 Å². The molecule has 0 aliphatic heterocycles. The first-order valence-corrected chi connectivity index (χ1v) is 2.78. The average Bonchev–Trinajstić information content (AvgIpc) is 1.54. The molecule has 0 bridgehead atoms. The number of aliphatic carboxylic acids is 3. The summed E-state index contributed by atoms with van der Waals surface area (Å²) in [5.41, 5.74) is 0. The van der Waals surface area contributed by atoms with Crippen LogP contribution in [0.3, 0.4) is 0 Å². The van der Waals surface area contributed by atoms with Crippen LogP contribution >= 0.6 is 0 Å². The van der Waals surface area contributed by atoms with E-state index in [1.54, 1.807) is 0 Å². The minimum Gasteiger partial charge on any atom is -0.481 e. The summed E-state index contributed by atoms with van der Waals surface area (Å²) in [7, 11) is 0. The summed E-state index contributed by atoms with van der Waals surface area (Å²) >= 11 is 0. The molecule has 85 valence electrons. The van der Waals surface area contributed by atoms with Crippen molar-refractivity contribution in [2.45, 2.75) is 20.8 Å². The molecule has 0 saturated carbocycles. The number of carboxylic acids is 3. The molecule has 0 atom stereocenters. The van der Waals surface area contributed by atoms with Crippen LogP contribution in [0.4, 0.5) is 0 Å². The van der Waals surface area contributed by atoms with Crippen LogP contribution in [0.5, 0.6) is 0 Å². The van der Waals surface area contributed by atoms with Crippen molar-refractivity contribution in [3.8, 4) is 0 Å². The maximum atomic E-state index is 9.00. The van der Waals surface area contributed by atoms with Gasteiger partial charge < -0.3 is 21.5 Å². The Balaban J connectivity index is -0.0000000270. The predicted molar refractivity (Wildman–Crippen MR) is 50.7 cm³/mol. The molecule has 7 nitrogen and oxygen atoms in total. The van der Waals surface area contributed by atoms with Crippen LogP contribution in [0, 0.1) is 0 Å². The van der Waals surface area contributed by atoms with Gasteiger partial charge in [-0.1, -0.05) is 0 Å². The number of hydrogen-bond acceptors (Lipinski definition) is 4.